The van der Waals surface area contributed by atoms with Crippen LogP contribution in [-0.4, -0.2) is 19.9 Å². The van der Waals surface area contributed by atoms with Gasteiger partial charge in [0.05, 0.1) is 22.4 Å². The van der Waals surface area contributed by atoms with Crippen LogP contribution in [0, 0.1) is 6.92 Å². The highest BCUT2D eigenvalue weighted by Crippen LogP contribution is 2.39. The molecule has 0 atom stereocenters. The number of aromatic nitrogens is 4. The lowest BCUT2D eigenvalue weighted by Crippen LogP contribution is -2.05. The van der Waals surface area contributed by atoms with Crippen molar-refractivity contribution >= 4 is 21.8 Å². The molecule has 0 fully saturated rings. The summed E-state index contributed by atoms with van der Waals surface area (Å²) in [4.78, 5) is 16.1. The molecule has 0 saturated heterocycles. The fraction of sp³-hybridized carbons (Fsp3) is 0.167. The monoisotopic (exact) mass is 380 g/mol. The SMILES string of the molecule is CCc1nc2c([nH]1)COc1cc(-c3ccc4c(ccc5[nH]c(C)nc54)c3)ccc1-2. The lowest BCUT2D eigenvalue weighted by Gasteiger charge is -2.17. The van der Waals surface area contributed by atoms with Gasteiger partial charge < -0.3 is 14.7 Å². The van der Waals surface area contributed by atoms with Crippen LogP contribution in [-0.2, 0) is 13.0 Å². The summed E-state index contributed by atoms with van der Waals surface area (Å²) in [6, 6.07) is 17.2. The number of hydrogen-bond donors (Lipinski definition) is 2. The van der Waals surface area contributed by atoms with Gasteiger partial charge in [0.2, 0.25) is 0 Å². The largest absolute Gasteiger partial charge is 0.487 e. The number of ether oxygens (including phenoxy) is 1. The van der Waals surface area contributed by atoms with E-state index in [0.717, 1.165) is 68.3 Å². The van der Waals surface area contributed by atoms with Crippen LogP contribution >= 0.6 is 0 Å². The molecule has 1 aliphatic rings. The van der Waals surface area contributed by atoms with Crippen LogP contribution in [0.5, 0.6) is 5.75 Å². The third-order valence-electron chi connectivity index (χ3n) is 5.69. The number of fused-ring (bicyclic) bond motifs is 6. The Hall–Kier alpha value is -3.60. The second-order valence-corrected chi connectivity index (χ2v) is 7.58. The van der Waals surface area contributed by atoms with Crippen LogP contribution < -0.4 is 4.74 Å². The Morgan fingerprint density at radius 2 is 1.83 bits per heavy atom. The average Bonchev–Trinajstić information content (AvgIpc) is 3.35. The van der Waals surface area contributed by atoms with E-state index in [4.69, 9.17) is 9.72 Å². The highest BCUT2D eigenvalue weighted by Gasteiger charge is 2.21. The summed E-state index contributed by atoms with van der Waals surface area (Å²) in [5.74, 6) is 2.83. The molecule has 6 rings (SSSR count). The number of aromatic amines is 2. The molecule has 0 bridgehead atoms. The fourth-order valence-corrected chi connectivity index (χ4v) is 4.23. The summed E-state index contributed by atoms with van der Waals surface area (Å²) in [6.45, 7) is 4.63. The molecule has 3 heterocycles. The van der Waals surface area contributed by atoms with Gasteiger partial charge in [-0.1, -0.05) is 31.2 Å². The molecule has 0 unspecified atom stereocenters. The molecule has 0 spiro atoms. The van der Waals surface area contributed by atoms with Gasteiger partial charge in [0.15, 0.2) is 0 Å². The minimum atomic E-state index is 0.535. The summed E-state index contributed by atoms with van der Waals surface area (Å²) >= 11 is 0. The zero-order chi connectivity index (χ0) is 19.5. The third kappa shape index (κ3) is 2.47. The number of rotatable bonds is 2. The molecule has 5 aromatic rings. The maximum Gasteiger partial charge on any atom is 0.130 e. The molecule has 29 heavy (non-hydrogen) atoms. The van der Waals surface area contributed by atoms with Crippen molar-refractivity contribution in [1.82, 2.24) is 19.9 Å². The normalized spacial score (nSPS) is 12.8. The predicted octanol–water partition coefficient (Wildman–Crippen LogP) is 5.54. The van der Waals surface area contributed by atoms with E-state index < -0.39 is 0 Å². The summed E-state index contributed by atoms with van der Waals surface area (Å²) in [5, 5.41) is 2.35. The van der Waals surface area contributed by atoms with Gasteiger partial charge in [0, 0.05) is 17.4 Å². The van der Waals surface area contributed by atoms with Crippen molar-refractivity contribution in [3.05, 3.63) is 65.9 Å². The number of benzene rings is 3. The quantitative estimate of drug-likeness (QED) is 0.423. The van der Waals surface area contributed by atoms with Crippen LogP contribution in [0.25, 0.3) is 44.2 Å². The van der Waals surface area contributed by atoms with Crippen molar-refractivity contribution in [2.75, 3.05) is 0 Å². The molecule has 0 amide bonds. The van der Waals surface area contributed by atoms with Crippen molar-refractivity contribution < 1.29 is 4.74 Å². The predicted molar refractivity (Wildman–Crippen MR) is 115 cm³/mol. The van der Waals surface area contributed by atoms with Gasteiger partial charge in [-0.3, -0.25) is 0 Å². The first-order valence-corrected chi connectivity index (χ1v) is 9.94. The molecule has 3 aromatic carbocycles. The molecule has 142 valence electrons. The summed E-state index contributed by atoms with van der Waals surface area (Å²) < 4.78 is 6.03. The second-order valence-electron chi connectivity index (χ2n) is 7.58. The fourth-order valence-electron chi connectivity index (χ4n) is 4.23. The maximum absolute atomic E-state index is 6.03. The van der Waals surface area contributed by atoms with E-state index in [1.807, 2.05) is 6.92 Å². The first-order chi connectivity index (χ1) is 14.2. The number of H-pyrrole nitrogens is 2. The standard InChI is InChI=1S/C24H20N4O/c1-3-22-27-20-12-29-21-11-15(5-8-18(21)24(20)28-22)14-4-7-17-16(10-14)6-9-19-23(17)26-13(2)25-19/h4-11H,3,12H2,1-2H3,(H,25,26)(H,27,28). The van der Waals surface area contributed by atoms with E-state index in [-0.39, 0.29) is 0 Å². The van der Waals surface area contributed by atoms with Crippen LogP contribution in [0.3, 0.4) is 0 Å². The third-order valence-corrected chi connectivity index (χ3v) is 5.69. The zero-order valence-electron chi connectivity index (χ0n) is 16.3. The molecule has 2 N–H and O–H groups in total. The molecule has 0 aliphatic carbocycles. The maximum atomic E-state index is 6.03. The molecular formula is C24H20N4O. The molecule has 1 aliphatic heterocycles. The van der Waals surface area contributed by atoms with E-state index >= 15 is 0 Å². The molecule has 0 saturated carbocycles. The minimum absolute atomic E-state index is 0.535. The number of imidazole rings is 2. The minimum Gasteiger partial charge on any atom is -0.487 e. The number of hydrogen-bond acceptors (Lipinski definition) is 3. The lowest BCUT2D eigenvalue weighted by molar-refractivity contribution is 0.298. The van der Waals surface area contributed by atoms with Gasteiger partial charge in [0.1, 0.15) is 24.0 Å². The van der Waals surface area contributed by atoms with Crippen molar-refractivity contribution in [3.8, 4) is 28.1 Å². The topological polar surface area (TPSA) is 66.6 Å². The van der Waals surface area contributed by atoms with E-state index in [1.54, 1.807) is 0 Å². The summed E-state index contributed by atoms with van der Waals surface area (Å²) in [5.41, 5.74) is 7.54. The number of aryl methyl sites for hydroxylation is 2. The smallest absolute Gasteiger partial charge is 0.130 e. The number of nitrogens with zero attached hydrogens (tertiary/aromatic N) is 2. The molecule has 5 nitrogen and oxygen atoms in total. The van der Waals surface area contributed by atoms with Crippen LogP contribution in [0.15, 0.2) is 48.5 Å². The lowest BCUT2D eigenvalue weighted by atomic mass is 9.97. The van der Waals surface area contributed by atoms with Gasteiger partial charge in [-0.05, 0) is 47.7 Å². The molecule has 5 heteroatoms. The van der Waals surface area contributed by atoms with Crippen LogP contribution in [0.4, 0.5) is 0 Å². The molecular weight excluding hydrogens is 360 g/mol. The van der Waals surface area contributed by atoms with Gasteiger partial charge in [-0.2, -0.15) is 0 Å². The summed E-state index contributed by atoms with van der Waals surface area (Å²) in [6.07, 6.45) is 0.889. The zero-order valence-corrected chi connectivity index (χ0v) is 16.3. The molecule has 2 aromatic heterocycles. The van der Waals surface area contributed by atoms with Gasteiger partial charge in [-0.15, -0.1) is 0 Å². The Balaban J connectivity index is 1.45. The van der Waals surface area contributed by atoms with Gasteiger partial charge in [0.25, 0.3) is 0 Å². The second kappa shape index (κ2) is 5.95. The van der Waals surface area contributed by atoms with Gasteiger partial charge in [-0.25, -0.2) is 9.97 Å². The van der Waals surface area contributed by atoms with Crippen molar-refractivity contribution in [2.24, 2.45) is 0 Å². The molecule has 0 radical (unpaired) electrons. The Bertz CT molecular complexity index is 1410. The first kappa shape index (κ1) is 16.4. The van der Waals surface area contributed by atoms with Crippen molar-refractivity contribution in [1.29, 1.82) is 0 Å². The van der Waals surface area contributed by atoms with E-state index in [1.165, 1.54) is 5.39 Å². The highest BCUT2D eigenvalue weighted by molar-refractivity contribution is 6.05. The summed E-state index contributed by atoms with van der Waals surface area (Å²) in [7, 11) is 0. The average molecular weight is 380 g/mol. The first-order valence-electron chi connectivity index (χ1n) is 9.94. The Morgan fingerprint density at radius 1 is 0.966 bits per heavy atom. The van der Waals surface area contributed by atoms with Crippen molar-refractivity contribution in [3.63, 3.8) is 0 Å². The Labute approximate surface area is 167 Å². The van der Waals surface area contributed by atoms with Crippen LogP contribution in [0.1, 0.15) is 24.3 Å². The highest BCUT2D eigenvalue weighted by atomic mass is 16.5. The van der Waals surface area contributed by atoms with E-state index in [2.05, 4.69) is 70.4 Å². The van der Waals surface area contributed by atoms with Crippen molar-refractivity contribution in [2.45, 2.75) is 26.9 Å². The van der Waals surface area contributed by atoms with E-state index in [0.29, 0.717) is 6.61 Å². The van der Waals surface area contributed by atoms with Gasteiger partial charge >= 0.3 is 0 Å². The van der Waals surface area contributed by atoms with E-state index in [9.17, 15) is 0 Å². The Morgan fingerprint density at radius 3 is 2.72 bits per heavy atom. The Kier molecular flexibility index (Phi) is 3.36. The number of nitrogens with one attached hydrogen (secondary N) is 2. The van der Waals surface area contributed by atoms with Crippen LogP contribution in [0.2, 0.25) is 0 Å².